The number of hydrogen-bond acceptors (Lipinski definition) is 4. The highest BCUT2D eigenvalue weighted by Crippen LogP contribution is 2.32. The van der Waals surface area contributed by atoms with Crippen molar-refractivity contribution >= 4 is 23.4 Å². The predicted octanol–water partition coefficient (Wildman–Crippen LogP) is 3.60. The summed E-state index contributed by atoms with van der Waals surface area (Å²) >= 11 is 1.54. The molecule has 0 radical (unpaired) electrons. The molecular weight excluding hydrogens is 334 g/mol. The molecule has 25 heavy (non-hydrogen) atoms. The molecule has 1 amide bonds. The lowest BCUT2D eigenvalue weighted by molar-refractivity contribution is -0.116. The SMILES string of the molecule is CCc1cc(=O)n2c(n1)SCC2CC(=O)Nc1ccc(C(C)C)cc1. The van der Waals surface area contributed by atoms with E-state index in [4.69, 9.17) is 0 Å². The summed E-state index contributed by atoms with van der Waals surface area (Å²) in [6.07, 6.45) is 1.01. The predicted molar refractivity (Wildman–Crippen MR) is 101 cm³/mol. The van der Waals surface area contributed by atoms with Crippen molar-refractivity contribution in [3.8, 4) is 0 Å². The minimum atomic E-state index is -0.138. The van der Waals surface area contributed by atoms with Crippen LogP contribution in [0.2, 0.25) is 0 Å². The number of aryl methyl sites for hydroxylation is 1. The molecule has 1 aromatic carbocycles. The Hall–Kier alpha value is -2.08. The molecule has 5 nitrogen and oxygen atoms in total. The third-order valence-electron chi connectivity index (χ3n) is 4.39. The van der Waals surface area contributed by atoms with Gasteiger partial charge in [0.15, 0.2) is 5.16 Å². The zero-order valence-corrected chi connectivity index (χ0v) is 15.6. The summed E-state index contributed by atoms with van der Waals surface area (Å²) in [5.74, 6) is 1.08. The molecule has 0 aliphatic carbocycles. The molecule has 0 fully saturated rings. The van der Waals surface area contributed by atoms with E-state index < -0.39 is 0 Å². The first kappa shape index (κ1) is 17.7. The van der Waals surface area contributed by atoms with Crippen LogP contribution in [-0.2, 0) is 11.2 Å². The maximum Gasteiger partial charge on any atom is 0.254 e. The van der Waals surface area contributed by atoms with E-state index in [2.05, 4.69) is 24.1 Å². The molecule has 1 aliphatic rings. The summed E-state index contributed by atoms with van der Waals surface area (Å²) in [6, 6.07) is 9.34. The van der Waals surface area contributed by atoms with Crippen LogP contribution in [0.15, 0.2) is 40.3 Å². The minimum absolute atomic E-state index is 0.0639. The number of thioether (sulfide) groups is 1. The Bertz CT molecular complexity index is 828. The Morgan fingerprint density at radius 2 is 2.08 bits per heavy atom. The Kier molecular flexibility index (Phi) is 5.27. The minimum Gasteiger partial charge on any atom is -0.326 e. The lowest BCUT2D eigenvalue weighted by Gasteiger charge is -2.14. The van der Waals surface area contributed by atoms with E-state index in [1.54, 1.807) is 22.4 Å². The second-order valence-corrected chi connectivity index (χ2v) is 7.57. The van der Waals surface area contributed by atoms with Gasteiger partial charge in [-0.2, -0.15) is 0 Å². The summed E-state index contributed by atoms with van der Waals surface area (Å²) in [5, 5.41) is 3.65. The molecular formula is C19H23N3O2S. The highest BCUT2D eigenvalue weighted by molar-refractivity contribution is 7.99. The van der Waals surface area contributed by atoms with Crippen molar-refractivity contribution in [3.05, 3.63) is 51.9 Å². The topological polar surface area (TPSA) is 64.0 Å². The zero-order chi connectivity index (χ0) is 18.0. The molecule has 1 aliphatic heterocycles. The van der Waals surface area contributed by atoms with Crippen LogP contribution in [-0.4, -0.2) is 21.2 Å². The van der Waals surface area contributed by atoms with E-state index in [0.29, 0.717) is 11.7 Å². The second kappa shape index (κ2) is 7.44. The molecule has 2 heterocycles. The molecule has 1 unspecified atom stereocenters. The number of nitrogens with one attached hydrogen (secondary N) is 1. The molecule has 0 bridgehead atoms. The zero-order valence-electron chi connectivity index (χ0n) is 14.8. The van der Waals surface area contributed by atoms with Crippen LogP contribution in [0.4, 0.5) is 5.69 Å². The number of fused-ring (bicyclic) bond motifs is 1. The Morgan fingerprint density at radius 1 is 1.36 bits per heavy atom. The fourth-order valence-corrected chi connectivity index (χ4v) is 4.08. The van der Waals surface area contributed by atoms with E-state index in [1.165, 1.54) is 5.56 Å². The lowest BCUT2D eigenvalue weighted by atomic mass is 10.0. The first-order valence-electron chi connectivity index (χ1n) is 8.63. The van der Waals surface area contributed by atoms with Gasteiger partial charge in [0.1, 0.15) is 0 Å². The third-order valence-corrected chi connectivity index (χ3v) is 5.48. The molecule has 3 rings (SSSR count). The van der Waals surface area contributed by atoms with Gasteiger partial charge >= 0.3 is 0 Å². The number of rotatable bonds is 5. The van der Waals surface area contributed by atoms with Crippen molar-refractivity contribution < 1.29 is 4.79 Å². The van der Waals surface area contributed by atoms with E-state index in [-0.39, 0.29) is 23.9 Å². The van der Waals surface area contributed by atoms with E-state index >= 15 is 0 Å². The maximum absolute atomic E-state index is 12.4. The third kappa shape index (κ3) is 3.95. The smallest absolute Gasteiger partial charge is 0.254 e. The van der Waals surface area contributed by atoms with Gasteiger partial charge in [0.2, 0.25) is 5.91 Å². The van der Waals surface area contributed by atoms with Gasteiger partial charge in [0.05, 0.1) is 6.04 Å². The van der Waals surface area contributed by atoms with Crippen LogP contribution in [0.25, 0.3) is 0 Å². The van der Waals surface area contributed by atoms with Crippen molar-refractivity contribution in [2.75, 3.05) is 11.1 Å². The number of aromatic nitrogens is 2. The summed E-state index contributed by atoms with van der Waals surface area (Å²) in [5.41, 5.74) is 2.76. The van der Waals surface area contributed by atoms with Gasteiger partial charge in [-0.25, -0.2) is 4.98 Å². The second-order valence-electron chi connectivity index (χ2n) is 6.59. The van der Waals surface area contributed by atoms with Gasteiger partial charge in [-0.1, -0.05) is 44.7 Å². The van der Waals surface area contributed by atoms with Gasteiger partial charge < -0.3 is 5.32 Å². The number of carbonyl (C=O) groups excluding carboxylic acids is 1. The van der Waals surface area contributed by atoms with Gasteiger partial charge in [-0.05, 0) is 30.0 Å². The Balaban J connectivity index is 1.68. The highest BCUT2D eigenvalue weighted by Gasteiger charge is 2.27. The first-order chi connectivity index (χ1) is 12.0. The Labute approximate surface area is 151 Å². The summed E-state index contributed by atoms with van der Waals surface area (Å²) < 4.78 is 1.66. The molecule has 2 aromatic rings. The summed E-state index contributed by atoms with van der Waals surface area (Å²) in [6.45, 7) is 6.25. The first-order valence-corrected chi connectivity index (χ1v) is 9.61. The van der Waals surface area contributed by atoms with Crippen LogP contribution in [0.3, 0.4) is 0 Å². The number of carbonyl (C=O) groups is 1. The van der Waals surface area contributed by atoms with E-state index in [9.17, 15) is 9.59 Å². The average Bonchev–Trinajstić information content (AvgIpc) is 2.98. The van der Waals surface area contributed by atoms with Crippen molar-refractivity contribution in [2.45, 2.75) is 50.7 Å². The standard InChI is InChI=1S/C19H23N3O2S/c1-4-14-9-18(24)22-16(11-25-19(22)21-14)10-17(23)20-15-7-5-13(6-8-15)12(2)3/h5-9,12,16H,4,10-11H2,1-3H3,(H,20,23). The fourth-order valence-electron chi connectivity index (χ4n) is 2.91. The maximum atomic E-state index is 12.4. The van der Waals surface area contributed by atoms with Crippen molar-refractivity contribution in [1.82, 2.24) is 9.55 Å². The van der Waals surface area contributed by atoms with Crippen LogP contribution in [0.1, 0.15) is 50.4 Å². The Morgan fingerprint density at radius 3 is 2.72 bits per heavy atom. The molecule has 1 atom stereocenters. The fraction of sp³-hybridized carbons (Fsp3) is 0.421. The molecule has 0 spiro atoms. The molecule has 6 heteroatoms. The van der Waals surface area contributed by atoms with Gasteiger partial charge in [-0.3, -0.25) is 14.2 Å². The molecule has 1 N–H and O–H groups in total. The normalized spacial score (nSPS) is 16.1. The van der Waals surface area contributed by atoms with Crippen LogP contribution in [0, 0.1) is 0 Å². The van der Waals surface area contributed by atoms with Crippen LogP contribution < -0.4 is 10.9 Å². The van der Waals surface area contributed by atoms with E-state index in [1.807, 2.05) is 31.2 Å². The number of benzene rings is 1. The van der Waals surface area contributed by atoms with Crippen molar-refractivity contribution in [2.24, 2.45) is 0 Å². The number of nitrogens with zero attached hydrogens (tertiary/aromatic N) is 2. The van der Waals surface area contributed by atoms with Gasteiger partial charge in [0.25, 0.3) is 5.56 Å². The largest absolute Gasteiger partial charge is 0.326 e. The van der Waals surface area contributed by atoms with E-state index in [0.717, 1.165) is 23.0 Å². The molecule has 0 saturated carbocycles. The highest BCUT2D eigenvalue weighted by atomic mass is 32.2. The van der Waals surface area contributed by atoms with Gasteiger partial charge in [0, 0.05) is 29.6 Å². The van der Waals surface area contributed by atoms with Crippen molar-refractivity contribution in [3.63, 3.8) is 0 Å². The monoisotopic (exact) mass is 357 g/mol. The quantitative estimate of drug-likeness (QED) is 0.831. The van der Waals surface area contributed by atoms with Crippen LogP contribution in [0.5, 0.6) is 0 Å². The van der Waals surface area contributed by atoms with Gasteiger partial charge in [-0.15, -0.1) is 0 Å². The lowest BCUT2D eigenvalue weighted by Crippen LogP contribution is -2.27. The number of anilines is 1. The number of hydrogen-bond donors (Lipinski definition) is 1. The summed E-state index contributed by atoms with van der Waals surface area (Å²) in [7, 11) is 0. The van der Waals surface area contributed by atoms with Crippen molar-refractivity contribution in [1.29, 1.82) is 0 Å². The summed E-state index contributed by atoms with van der Waals surface area (Å²) in [4.78, 5) is 29.2. The number of amides is 1. The molecule has 0 saturated heterocycles. The molecule has 1 aromatic heterocycles. The molecule has 132 valence electrons. The average molecular weight is 357 g/mol. The van der Waals surface area contributed by atoms with Crippen LogP contribution >= 0.6 is 11.8 Å².